The second-order valence-electron chi connectivity index (χ2n) is 6.51. The molecule has 2 aromatic rings. The van der Waals surface area contributed by atoms with E-state index in [0.717, 1.165) is 16.7 Å². The van der Waals surface area contributed by atoms with Crippen LogP contribution in [0.3, 0.4) is 0 Å². The summed E-state index contributed by atoms with van der Waals surface area (Å²) in [5.41, 5.74) is 6.00. The predicted octanol–water partition coefficient (Wildman–Crippen LogP) is 3.95. The molecule has 0 heterocycles. The van der Waals surface area contributed by atoms with Crippen molar-refractivity contribution in [2.45, 2.75) is 40.7 Å². The van der Waals surface area contributed by atoms with Crippen molar-refractivity contribution >= 4 is 11.9 Å². The molecule has 1 atom stereocenters. The van der Waals surface area contributed by atoms with Crippen molar-refractivity contribution in [3.63, 3.8) is 0 Å². The molecule has 0 fully saturated rings. The van der Waals surface area contributed by atoms with Gasteiger partial charge in [-0.1, -0.05) is 24.3 Å². The van der Waals surface area contributed by atoms with Crippen molar-refractivity contribution in [3.8, 4) is 0 Å². The van der Waals surface area contributed by atoms with Gasteiger partial charge in [0.25, 0.3) is 5.91 Å². The van der Waals surface area contributed by atoms with Crippen molar-refractivity contribution in [1.29, 1.82) is 0 Å². The van der Waals surface area contributed by atoms with Gasteiger partial charge in [0, 0.05) is 0 Å². The van der Waals surface area contributed by atoms with Crippen LogP contribution in [0.25, 0.3) is 0 Å². The second kappa shape index (κ2) is 7.97. The number of hydrogen-bond acceptors (Lipinski definition) is 3. The molecule has 2 aromatic carbocycles. The minimum atomic E-state index is -0.489. The summed E-state index contributed by atoms with van der Waals surface area (Å²) >= 11 is 0. The number of benzene rings is 2. The zero-order valence-electron chi connectivity index (χ0n) is 15.5. The monoisotopic (exact) mass is 339 g/mol. The number of aryl methyl sites for hydroxylation is 4. The van der Waals surface area contributed by atoms with Crippen LogP contribution in [0.4, 0.5) is 0 Å². The maximum Gasteiger partial charge on any atom is 0.338 e. The third-order valence-electron chi connectivity index (χ3n) is 4.49. The summed E-state index contributed by atoms with van der Waals surface area (Å²) in [6, 6.07) is 11.3. The molecule has 132 valence electrons. The Hall–Kier alpha value is -2.62. The first-order chi connectivity index (χ1) is 11.8. The van der Waals surface area contributed by atoms with Crippen LogP contribution in [0.5, 0.6) is 0 Å². The summed E-state index contributed by atoms with van der Waals surface area (Å²) in [6.45, 7) is 9.62. The maximum absolute atomic E-state index is 12.0. The molecule has 0 aliphatic rings. The summed E-state index contributed by atoms with van der Waals surface area (Å²) in [4.78, 5) is 24.1. The topological polar surface area (TPSA) is 55.4 Å². The Balaban J connectivity index is 1.90. The van der Waals surface area contributed by atoms with Gasteiger partial charge in [-0.2, -0.15) is 0 Å². The first-order valence-corrected chi connectivity index (χ1v) is 8.39. The van der Waals surface area contributed by atoms with E-state index < -0.39 is 5.97 Å². The van der Waals surface area contributed by atoms with Gasteiger partial charge in [0.1, 0.15) is 0 Å². The standard InChI is InChI=1S/C21H25NO3/c1-13-6-8-18(10-15(13)3)17(5)22-20(23)12-25-21(24)19-9-7-14(2)16(4)11-19/h6-11,17H,12H2,1-5H3,(H,22,23)/t17-/m0/s1. The number of hydrogen-bond donors (Lipinski definition) is 1. The van der Waals surface area contributed by atoms with Crippen LogP contribution < -0.4 is 5.32 Å². The zero-order valence-corrected chi connectivity index (χ0v) is 15.5. The lowest BCUT2D eigenvalue weighted by molar-refractivity contribution is -0.124. The van der Waals surface area contributed by atoms with Crippen molar-refractivity contribution < 1.29 is 14.3 Å². The molecule has 1 N–H and O–H groups in total. The van der Waals surface area contributed by atoms with E-state index in [-0.39, 0.29) is 18.6 Å². The Kier molecular flexibility index (Phi) is 5.97. The maximum atomic E-state index is 12.0. The summed E-state index contributed by atoms with van der Waals surface area (Å²) in [6.07, 6.45) is 0. The van der Waals surface area contributed by atoms with Gasteiger partial charge in [-0.15, -0.1) is 0 Å². The van der Waals surface area contributed by atoms with E-state index in [9.17, 15) is 9.59 Å². The second-order valence-corrected chi connectivity index (χ2v) is 6.51. The molecule has 4 nitrogen and oxygen atoms in total. The van der Waals surface area contributed by atoms with Crippen molar-refractivity contribution in [3.05, 3.63) is 69.8 Å². The van der Waals surface area contributed by atoms with Gasteiger partial charge in [-0.05, 0) is 74.6 Å². The predicted molar refractivity (Wildman–Crippen MR) is 98.7 cm³/mol. The van der Waals surface area contributed by atoms with Crippen LogP contribution in [0, 0.1) is 27.7 Å². The molecule has 0 aromatic heterocycles. The first-order valence-electron chi connectivity index (χ1n) is 8.39. The van der Waals surface area contributed by atoms with Crippen LogP contribution in [-0.4, -0.2) is 18.5 Å². The van der Waals surface area contributed by atoms with Gasteiger partial charge < -0.3 is 10.1 Å². The highest BCUT2D eigenvalue weighted by Crippen LogP contribution is 2.16. The molecule has 0 bridgehead atoms. The van der Waals surface area contributed by atoms with Gasteiger partial charge in [-0.25, -0.2) is 4.79 Å². The molecule has 4 heteroatoms. The van der Waals surface area contributed by atoms with Crippen LogP contribution in [0.2, 0.25) is 0 Å². The van der Waals surface area contributed by atoms with E-state index in [1.807, 2.05) is 45.9 Å². The lowest BCUT2D eigenvalue weighted by Crippen LogP contribution is -2.31. The van der Waals surface area contributed by atoms with E-state index in [2.05, 4.69) is 18.3 Å². The minimum Gasteiger partial charge on any atom is -0.452 e. The molecular formula is C21H25NO3. The lowest BCUT2D eigenvalue weighted by Gasteiger charge is -2.16. The third-order valence-corrected chi connectivity index (χ3v) is 4.49. The number of carbonyl (C=O) groups is 2. The number of amides is 1. The fourth-order valence-corrected chi connectivity index (χ4v) is 2.48. The Bertz CT molecular complexity index is 796. The van der Waals surface area contributed by atoms with Gasteiger partial charge in [0.05, 0.1) is 11.6 Å². The Morgan fingerprint density at radius 2 is 1.52 bits per heavy atom. The summed E-state index contributed by atoms with van der Waals surface area (Å²) in [7, 11) is 0. The molecule has 1 amide bonds. The fourth-order valence-electron chi connectivity index (χ4n) is 2.48. The molecule has 0 radical (unpaired) electrons. The lowest BCUT2D eigenvalue weighted by atomic mass is 10.0. The summed E-state index contributed by atoms with van der Waals surface area (Å²) in [5.74, 6) is -0.806. The highest BCUT2D eigenvalue weighted by atomic mass is 16.5. The highest BCUT2D eigenvalue weighted by Gasteiger charge is 2.14. The van der Waals surface area contributed by atoms with Gasteiger partial charge in [-0.3, -0.25) is 4.79 Å². The molecule has 0 spiro atoms. The van der Waals surface area contributed by atoms with Gasteiger partial charge in [0.2, 0.25) is 0 Å². The number of carbonyl (C=O) groups excluding carboxylic acids is 2. The van der Waals surface area contributed by atoms with Crippen LogP contribution >= 0.6 is 0 Å². The van der Waals surface area contributed by atoms with Crippen molar-refractivity contribution in [2.24, 2.45) is 0 Å². The van der Waals surface area contributed by atoms with Crippen molar-refractivity contribution in [1.82, 2.24) is 5.32 Å². The number of ether oxygens (including phenoxy) is 1. The fraction of sp³-hybridized carbons (Fsp3) is 0.333. The molecule has 0 saturated carbocycles. The molecule has 25 heavy (non-hydrogen) atoms. The third kappa shape index (κ3) is 4.92. The smallest absolute Gasteiger partial charge is 0.338 e. The van der Waals surface area contributed by atoms with Gasteiger partial charge in [0.15, 0.2) is 6.61 Å². The molecule has 2 rings (SSSR count). The van der Waals surface area contributed by atoms with E-state index in [1.165, 1.54) is 11.1 Å². The minimum absolute atomic E-state index is 0.146. The van der Waals surface area contributed by atoms with Crippen LogP contribution in [0.15, 0.2) is 36.4 Å². The number of esters is 1. The average molecular weight is 339 g/mol. The average Bonchev–Trinajstić information content (AvgIpc) is 2.57. The quantitative estimate of drug-likeness (QED) is 0.839. The Morgan fingerprint density at radius 1 is 0.920 bits per heavy atom. The zero-order chi connectivity index (χ0) is 18.6. The van der Waals surface area contributed by atoms with Crippen LogP contribution in [-0.2, 0) is 9.53 Å². The van der Waals surface area contributed by atoms with Crippen LogP contribution in [0.1, 0.15) is 51.1 Å². The Labute approximate surface area is 149 Å². The molecular weight excluding hydrogens is 314 g/mol. The molecule has 0 aliphatic carbocycles. The van der Waals surface area contributed by atoms with E-state index in [0.29, 0.717) is 5.56 Å². The SMILES string of the molecule is Cc1ccc(C(=O)OCC(=O)N[C@@H](C)c2ccc(C)c(C)c2)cc1C. The Morgan fingerprint density at radius 3 is 2.12 bits per heavy atom. The molecule has 0 unspecified atom stereocenters. The summed E-state index contributed by atoms with van der Waals surface area (Å²) in [5, 5.41) is 2.85. The van der Waals surface area contributed by atoms with E-state index in [4.69, 9.17) is 4.74 Å². The molecule has 0 saturated heterocycles. The number of rotatable bonds is 5. The first kappa shape index (κ1) is 18.7. The van der Waals surface area contributed by atoms with Gasteiger partial charge >= 0.3 is 5.97 Å². The largest absolute Gasteiger partial charge is 0.452 e. The highest BCUT2D eigenvalue weighted by molar-refractivity contribution is 5.91. The van der Waals surface area contributed by atoms with E-state index in [1.54, 1.807) is 12.1 Å². The molecule has 0 aliphatic heterocycles. The number of nitrogens with one attached hydrogen (secondary N) is 1. The summed E-state index contributed by atoms with van der Waals surface area (Å²) < 4.78 is 5.11. The normalized spacial score (nSPS) is 11.7. The van der Waals surface area contributed by atoms with E-state index >= 15 is 0 Å². The van der Waals surface area contributed by atoms with Crippen molar-refractivity contribution in [2.75, 3.05) is 6.61 Å².